The Balaban J connectivity index is 2.34. The highest BCUT2D eigenvalue weighted by molar-refractivity contribution is 14.1. The molecule has 38 valence electrons. The van der Waals surface area contributed by atoms with Gasteiger partial charge in [0.2, 0.25) is 0 Å². The third kappa shape index (κ3) is 4.65. The Labute approximate surface area is 51.6 Å². The molecule has 0 unspecified atom stereocenters. The molecule has 0 aliphatic heterocycles. The lowest BCUT2D eigenvalue weighted by Gasteiger charge is -1.90. The molecule has 6 heavy (non-hydrogen) atoms. The Hall–Kier alpha value is 0.650. The number of nitrogens with one attached hydrogen (secondary N) is 1. The van der Waals surface area contributed by atoms with Crippen LogP contribution >= 0.6 is 22.6 Å². The number of halogens is 1. The summed E-state index contributed by atoms with van der Waals surface area (Å²) in [6.07, 6.45) is 0. The Morgan fingerprint density at radius 1 is 1.67 bits per heavy atom. The largest absolute Gasteiger partial charge is 0.329 e. The average Bonchev–Trinajstić information content (AvgIpc) is 1.61. The van der Waals surface area contributed by atoms with Gasteiger partial charge in [-0.15, -0.1) is 0 Å². The van der Waals surface area contributed by atoms with Crippen LogP contribution in [-0.4, -0.2) is 17.6 Å². The van der Waals surface area contributed by atoms with Gasteiger partial charge in [0.1, 0.15) is 0 Å². The van der Waals surface area contributed by atoms with Gasteiger partial charge >= 0.3 is 0 Å². The van der Waals surface area contributed by atoms with E-state index in [1.165, 1.54) is 0 Å². The summed E-state index contributed by atoms with van der Waals surface area (Å²) in [6, 6.07) is 0. The number of hydrogen-bond acceptors (Lipinski definition) is 2. The summed E-state index contributed by atoms with van der Waals surface area (Å²) in [4.78, 5) is 0. The SMILES string of the molecule is NCCNCI. The fourth-order valence-electron chi connectivity index (χ4n) is 0.169. The Morgan fingerprint density at radius 3 is 2.50 bits per heavy atom. The minimum absolute atomic E-state index is 0.739. The van der Waals surface area contributed by atoms with Gasteiger partial charge in [0.15, 0.2) is 0 Å². The van der Waals surface area contributed by atoms with E-state index in [1.54, 1.807) is 0 Å². The quantitative estimate of drug-likeness (QED) is 0.289. The highest BCUT2D eigenvalue weighted by Crippen LogP contribution is 1.69. The molecule has 0 aromatic carbocycles. The number of alkyl halides is 1. The van der Waals surface area contributed by atoms with Gasteiger partial charge in [-0.1, -0.05) is 22.6 Å². The number of nitrogens with two attached hydrogens (primary N) is 1. The van der Waals surface area contributed by atoms with Crippen LogP contribution in [0.2, 0.25) is 0 Å². The Bertz CT molecular complexity index is 20.8. The van der Waals surface area contributed by atoms with E-state index in [4.69, 9.17) is 5.73 Å². The van der Waals surface area contributed by atoms with E-state index in [0.29, 0.717) is 0 Å². The van der Waals surface area contributed by atoms with Crippen molar-refractivity contribution in [2.75, 3.05) is 17.6 Å². The highest BCUT2D eigenvalue weighted by Gasteiger charge is 1.72. The Kier molecular flexibility index (Phi) is 6.26. The van der Waals surface area contributed by atoms with Crippen LogP contribution in [0, 0.1) is 0 Å². The van der Waals surface area contributed by atoms with Crippen molar-refractivity contribution in [3.8, 4) is 0 Å². The molecule has 0 saturated heterocycles. The fraction of sp³-hybridized carbons (Fsp3) is 1.00. The van der Waals surface area contributed by atoms with Crippen LogP contribution in [0.5, 0.6) is 0 Å². The first-order chi connectivity index (χ1) is 2.91. The molecular formula is C3H9IN2. The number of rotatable bonds is 3. The molecule has 0 aliphatic carbocycles. The van der Waals surface area contributed by atoms with Crippen molar-refractivity contribution >= 4 is 22.6 Å². The fourth-order valence-corrected chi connectivity index (χ4v) is 0.550. The van der Waals surface area contributed by atoms with E-state index in [-0.39, 0.29) is 0 Å². The van der Waals surface area contributed by atoms with Crippen molar-refractivity contribution in [1.82, 2.24) is 5.32 Å². The van der Waals surface area contributed by atoms with Gasteiger partial charge in [-0.05, 0) is 0 Å². The van der Waals surface area contributed by atoms with Gasteiger partial charge in [-0.3, -0.25) is 0 Å². The predicted octanol–water partition coefficient (Wildman–Crippen LogP) is -0.0728. The first-order valence-corrected chi connectivity index (χ1v) is 3.41. The molecular weight excluding hydrogens is 191 g/mol. The molecule has 0 bridgehead atoms. The van der Waals surface area contributed by atoms with E-state index in [0.717, 1.165) is 17.6 Å². The molecule has 0 saturated carbocycles. The molecule has 0 radical (unpaired) electrons. The van der Waals surface area contributed by atoms with E-state index in [9.17, 15) is 0 Å². The van der Waals surface area contributed by atoms with Crippen LogP contribution in [0.3, 0.4) is 0 Å². The van der Waals surface area contributed by atoms with Crippen LogP contribution < -0.4 is 11.1 Å². The third-order valence-electron chi connectivity index (χ3n) is 0.416. The lowest BCUT2D eigenvalue weighted by atomic mass is 10.7. The van der Waals surface area contributed by atoms with Crippen molar-refractivity contribution in [1.29, 1.82) is 0 Å². The predicted molar refractivity (Wildman–Crippen MR) is 35.9 cm³/mol. The molecule has 0 spiro atoms. The smallest absolute Gasteiger partial charge is 0.0480 e. The summed E-state index contributed by atoms with van der Waals surface area (Å²) in [5.74, 6) is 0. The second-order valence-corrected chi connectivity index (χ2v) is 1.69. The maximum Gasteiger partial charge on any atom is 0.0480 e. The van der Waals surface area contributed by atoms with Gasteiger partial charge < -0.3 is 11.1 Å². The van der Waals surface area contributed by atoms with Gasteiger partial charge in [-0.25, -0.2) is 0 Å². The normalized spacial score (nSPS) is 9.00. The van der Waals surface area contributed by atoms with Crippen LogP contribution in [0.15, 0.2) is 0 Å². The molecule has 3 N–H and O–H groups in total. The van der Waals surface area contributed by atoms with Crippen LogP contribution in [-0.2, 0) is 0 Å². The molecule has 0 aliphatic rings. The summed E-state index contributed by atoms with van der Waals surface area (Å²) in [5, 5.41) is 3.06. The molecule has 0 amide bonds. The first-order valence-electron chi connectivity index (χ1n) is 1.88. The van der Waals surface area contributed by atoms with Crippen LogP contribution in [0.25, 0.3) is 0 Å². The highest BCUT2D eigenvalue weighted by atomic mass is 127. The van der Waals surface area contributed by atoms with Crippen molar-refractivity contribution in [3.63, 3.8) is 0 Å². The zero-order chi connectivity index (χ0) is 4.83. The van der Waals surface area contributed by atoms with Crippen molar-refractivity contribution in [2.24, 2.45) is 5.73 Å². The second kappa shape index (κ2) is 5.65. The summed E-state index contributed by atoms with van der Waals surface area (Å²) in [5.41, 5.74) is 5.15. The third-order valence-corrected chi connectivity index (χ3v) is 0.955. The molecule has 0 aromatic heterocycles. The van der Waals surface area contributed by atoms with E-state index in [2.05, 4.69) is 27.9 Å². The van der Waals surface area contributed by atoms with Crippen molar-refractivity contribution in [3.05, 3.63) is 0 Å². The number of hydrogen-bond donors (Lipinski definition) is 2. The lowest BCUT2D eigenvalue weighted by molar-refractivity contribution is 0.794. The van der Waals surface area contributed by atoms with E-state index < -0.39 is 0 Å². The molecule has 0 heterocycles. The summed E-state index contributed by atoms with van der Waals surface area (Å²) >= 11 is 2.24. The topological polar surface area (TPSA) is 38.0 Å². The Morgan fingerprint density at radius 2 is 2.33 bits per heavy atom. The molecule has 0 aromatic rings. The molecule has 2 nitrogen and oxygen atoms in total. The summed E-state index contributed by atoms with van der Waals surface area (Å²) in [7, 11) is 0. The molecule has 3 heteroatoms. The maximum absolute atomic E-state index is 5.15. The van der Waals surface area contributed by atoms with Gasteiger partial charge in [-0.2, -0.15) is 0 Å². The molecule has 0 rings (SSSR count). The van der Waals surface area contributed by atoms with Crippen LogP contribution in [0.1, 0.15) is 0 Å². The lowest BCUT2D eigenvalue weighted by Crippen LogP contribution is -2.20. The monoisotopic (exact) mass is 200 g/mol. The molecule has 0 fully saturated rings. The summed E-state index contributed by atoms with van der Waals surface area (Å²) < 4.78 is 0.995. The first kappa shape index (κ1) is 6.65. The standard InChI is InChI=1S/C3H9IN2/c4-3-6-2-1-5/h6H,1-3,5H2. The van der Waals surface area contributed by atoms with Crippen molar-refractivity contribution in [2.45, 2.75) is 0 Å². The van der Waals surface area contributed by atoms with E-state index in [1.807, 2.05) is 0 Å². The minimum Gasteiger partial charge on any atom is -0.329 e. The maximum atomic E-state index is 5.15. The van der Waals surface area contributed by atoms with Gasteiger partial charge in [0.05, 0.1) is 0 Å². The van der Waals surface area contributed by atoms with E-state index >= 15 is 0 Å². The zero-order valence-electron chi connectivity index (χ0n) is 3.58. The molecule has 0 atom stereocenters. The zero-order valence-corrected chi connectivity index (χ0v) is 5.73. The minimum atomic E-state index is 0.739. The second-order valence-electron chi connectivity index (χ2n) is 0.922. The van der Waals surface area contributed by atoms with Crippen molar-refractivity contribution < 1.29 is 0 Å². The van der Waals surface area contributed by atoms with Crippen LogP contribution in [0.4, 0.5) is 0 Å². The summed E-state index contributed by atoms with van der Waals surface area (Å²) in [6.45, 7) is 1.67. The average molecular weight is 200 g/mol. The van der Waals surface area contributed by atoms with Gasteiger partial charge in [0.25, 0.3) is 0 Å². The van der Waals surface area contributed by atoms with Gasteiger partial charge in [0, 0.05) is 17.6 Å².